The van der Waals surface area contributed by atoms with Crippen molar-refractivity contribution in [1.82, 2.24) is 0 Å². The van der Waals surface area contributed by atoms with E-state index in [1.807, 2.05) is 0 Å². The van der Waals surface area contributed by atoms with E-state index in [-0.39, 0.29) is 0 Å². The second kappa shape index (κ2) is 6.68. The van der Waals surface area contributed by atoms with Crippen LogP contribution in [0.15, 0.2) is 30.3 Å². The van der Waals surface area contributed by atoms with Crippen LogP contribution in [0, 0.1) is 10.1 Å². The number of ether oxygens (including phenoxy) is 2. The van der Waals surface area contributed by atoms with Gasteiger partial charge in [0, 0.05) is 0 Å². The van der Waals surface area contributed by atoms with Crippen molar-refractivity contribution in [3.63, 3.8) is 0 Å². The molecule has 9 heteroatoms. The third kappa shape index (κ3) is 3.58. The van der Waals surface area contributed by atoms with Crippen LogP contribution in [0.1, 0.15) is 0 Å². The Morgan fingerprint density at radius 2 is 1.90 bits per heavy atom. The number of nitrogens with zero attached hydrogens (tertiary/aromatic N) is 1. The van der Waals surface area contributed by atoms with Crippen molar-refractivity contribution in [3.8, 4) is 5.75 Å². The third-order valence-corrected chi connectivity index (χ3v) is 3.02. The number of benzene rings is 1. The van der Waals surface area contributed by atoms with Gasteiger partial charge >= 0.3 is 0 Å². The average Bonchev–Trinajstić information content (AvgIpc) is 2.47. The summed E-state index contributed by atoms with van der Waals surface area (Å²) >= 11 is 0. The third-order valence-electron chi connectivity index (χ3n) is 3.02. The van der Waals surface area contributed by atoms with Crippen molar-refractivity contribution < 1.29 is 34.7 Å². The Hall–Kier alpha value is -1.94. The first kappa shape index (κ1) is 15.4. The minimum atomic E-state index is -1.64. The highest BCUT2D eigenvalue weighted by molar-refractivity contribution is 5.21. The molecule has 0 saturated carbocycles. The molecule has 21 heavy (non-hydrogen) atoms. The number of para-hydroxylation sites is 1. The summed E-state index contributed by atoms with van der Waals surface area (Å²) in [6, 6.07) is 8.37. The van der Waals surface area contributed by atoms with Crippen molar-refractivity contribution in [2.45, 2.75) is 30.7 Å². The monoisotopic (exact) mass is 301 g/mol. The molecule has 1 aromatic rings. The van der Waals surface area contributed by atoms with Crippen LogP contribution in [0.2, 0.25) is 0 Å². The Bertz CT molecular complexity index is 468. The van der Waals surface area contributed by atoms with E-state index >= 15 is 0 Å². The minimum absolute atomic E-state index is 0.374. The Morgan fingerprint density at radius 1 is 1.24 bits per heavy atom. The van der Waals surface area contributed by atoms with Gasteiger partial charge in [-0.3, -0.25) is 0 Å². The second-order valence-corrected chi connectivity index (χ2v) is 4.43. The predicted octanol–water partition coefficient (Wildman–Crippen LogP) is -0.919. The Balaban J connectivity index is 2.10. The molecule has 1 fully saturated rings. The van der Waals surface area contributed by atoms with E-state index in [2.05, 4.69) is 4.84 Å². The maximum atomic E-state index is 10.4. The molecule has 0 aliphatic carbocycles. The summed E-state index contributed by atoms with van der Waals surface area (Å²) in [6.45, 7) is -0.642. The number of aliphatic hydroxyl groups excluding tert-OH is 3. The van der Waals surface area contributed by atoms with Gasteiger partial charge in [0.05, 0.1) is 6.61 Å². The van der Waals surface area contributed by atoms with Crippen LogP contribution in [0.25, 0.3) is 0 Å². The van der Waals surface area contributed by atoms with Crippen molar-refractivity contribution in [2.24, 2.45) is 0 Å². The van der Waals surface area contributed by atoms with E-state index in [9.17, 15) is 25.4 Å². The largest absolute Gasteiger partial charge is 0.462 e. The van der Waals surface area contributed by atoms with E-state index in [0.717, 1.165) is 0 Å². The molecular formula is C12H15NO8. The number of aliphatic hydroxyl groups is 3. The summed E-state index contributed by atoms with van der Waals surface area (Å²) in [5.41, 5.74) is 0. The molecule has 0 amide bonds. The van der Waals surface area contributed by atoms with Crippen molar-refractivity contribution in [2.75, 3.05) is 6.61 Å². The molecule has 1 aliphatic heterocycles. The number of hydrogen-bond donors (Lipinski definition) is 3. The van der Waals surface area contributed by atoms with Crippen LogP contribution < -0.4 is 4.74 Å². The topological polar surface area (TPSA) is 132 Å². The van der Waals surface area contributed by atoms with Gasteiger partial charge in [0.15, 0.2) is 6.10 Å². The minimum Gasteiger partial charge on any atom is -0.462 e. The molecule has 0 spiro atoms. The highest BCUT2D eigenvalue weighted by Gasteiger charge is 2.47. The molecule has 116 valence electrons. The summed E-state index contributed by atoms with van der Waals surface area (Å²) in [4.78, 5) is 14.6. The predicted molar refractivity (Wildman–Crippen MR) is 66.7 cm³/mol. The Labute approximate surface area is 119 Å². The molecule has 1 aliphatic rings. The van der Waals surface area contributed by atoms with E-state index < -0.39 is 42.4 Å². The quantitative estimate of drug-likeness (QED) is 0.470. The van der Waals surface area contributed by atoms with Crippen molar-refractivity contribution >= 4 is 0 Å². The normalized spacial score (nSPS) is 32.4. The van der Waals surface area contributed by atoms with Gasteiger partial charge in [-0.25, -0.2) is 0 Å². The first-order valence-electron chi connectivity index (χ1n) is 6.18. The maximum Gasteiger partial charge on any atom is 0.294 e. The van der Waals surface area contributed by atoms with Crippen LogP contribution in [-0.2, 0) is 9.57 Å². The Morgan fingerprint density at radius 3 is 2.48 bits per heavy atom. The standard InChI is InChI=1S/C12H15NO8/c14-6-8-11(21-13(17)18)9(15)10(16)12(20-8)19-7-4-2-1-3-5-7/h1-5,8-12,14-16H,6H2/t8-,9-,10-,11+,12+/m1/s1. The zero-order valence-corrected chi connectivity index (χ0v) is 10.8. The maximum absolute atomic E-state index is 10.4. The van der Waals surface area contributed by atoms with E-state index in [1.54, 1.807) is 30.3 Å². The zero-order chi connectivity index (χ0) is 15.4. The molecule has 1 saturated heterocycles. The number of hydrogen-bond acceptors (Lipinski definition) is 8. The van der Waals surface area contributed by atoms with Gasteiger partial charge < -0.3 is 29.6 Å². The van der Waals surface area contributed by atoms with E-state index in [0.29, 0.717) is 5.75 Å². The summed E-state index contributed by atoms with van der Waals surface area (Å²) in [5.74, 6) is 0.374. The zero-order valence-electron chi connectivity index (χ0n) is 10.8. The molecule has 1 aromatic carbocycles. The van der Waals surface area contributed by atoms with Gasteiger partial charge in [-0.05, 0) is 12.1 Å². The molecule has 2 rings (SSSR count). The van der Waals surface area contributed by atoms with Gasteiger partial charge in [0.25, 0.3) is 5.09 Å². The summed E-state index contributed by atoms with van der Waals surface area (Å²) in [6.07, 6.45) is -7.21. The van der Waals surface area contributed by atoms with Crippen LogP contribution in [0.4, 0.5) is 0 Å². The fourth-order valence-corrected chi connectivity index (χ4v) is 2.01. The summed E-state index contributed by atoms with van der Waals surface area (Å²) in [5, 5.41) is 38.2. The van der Waals surface area contributed by atoms with Gasteiger partial charge in [-0.1, -0.05) is 18.2 Å². The van der Waals surface area contributed by atoms with E-state index in [1.165, 1.54) is 0 Å². The van der Waals surface area contributed by atoms with Gasteiger partial charge in [-0.2, -0.15) is 0 Å². The van der Waals surface area contributed by atoms with Gasteiger partial charge in [0.1, 0.15) is 24.1 Å². The average molecular weight is 301 g/mol. The first-order valence-corrected chi connectivity index (χ1v) is 6.18. The lowest BCUT2D eigenvalue weighted by atomic mass is 9.99. The molecule has 0 unspecified atom stereocenters. The second-order valence-electron chi connectivity index (χ2n) is 4.43. The molecule has 3 N–H and O–H groups in total. The van der Waals surface area contributed by atoms with Crippen molar-refractivity contribution in [3.05, 3.63) is 40.4 Å². The molecule has 0 bridgehead atoms. The first-order chi connectivity index (χ1) is 10.0. The summed E-state index contributed by atoms with van der Waals surface area (Å²) in [7, 11) is 0. The van der Waals surface area contributed by atoms with Crippen LogP contribution in [0.3, 0.4) is 0 Å². The van der Waals surface area contributed by atoms with Crippen LogP contribution in [-0.4, -0.2) is 57.7 Å². The highest BCUT2D eigenvalue weighted by atomic mass is 17.0. The van der Waals surface area contributed by atoms with Gasteiger partial charge in [-0.15, -0.1) is 10.1 Å². The summed E-state index contributed by atoms with van der Waals surface area (Å²) < 4.78 is 10.6. The van der Waals surface area contributed by atoms with Gasteiger partial charge in [0.2, 0.25) is 6.29 Å². The van der Waals surface area contributed by atoms with Crippen LogP contribution in [0.5, 0.6) is 5.75 Å². The highest BCUT2D eigenvalue weighted by Crippen LogP contribution is 2.25. The van der Waals surface area contributed by atoms with E-state index in [4.69, 9.17) is 9.47 Å². The SMILES string of the molecule is O=[N+]([O-])O[C@@H]1[C@H](O)[C@@H](O)[C@@H](Oc2ccccc2)O[C@@H]1CO. The number of rotatable bonds is 5. The van der Waals surface area contributed by atoms with Crippen LogP contribution >= 0.6 is 0 Å². The Kier molecular flexibility index (Phi) is 4.91. The molecule has 9 nitrogen and oxygen atoms in total. The fraction of sp³-hybridized carbons (Fsp3) is 0.500. The smallest absolute Gasteiger partial charge is 0.294 e. The molecule has 1 heterocycles. The molecule has 0 radical (unpaired) electrons. The fourth-order valence-electron chi connectivity index (χ4n) is 2.01. The lowest BCUT2D eigenvalue weighted by molar-refractivity contribution is -0.774. The molecular weight excluding hydrogens is 286 g/mol. The lowest BCUT2D eigenvalue weighted by Gasteiger charge is -2.40. The molecule has 5 atom stereocenters. The molecule has 0 aromatic heterocycles. The lowest BCUT2D eigenvalue weighted by Crippen LogP contribution is -2.61. The van der Waals surface area contributed by atoms with Crippen molar-refractivity contribution in [1.29, 1.82) is 0 Å².